The summed E-state index contributed by atoms with van der Waals surface area (Å²) in [4.78, 5) is 12.3. The quantitative estimate of drug-likeness (QED) is 0.482. The van der Waals surface area contributed by atoms with Crippen LogP contribution >= 0.6 is 12.4 Å². The van der Waals surface area contributed by atoms with Gasteiger partial charge < -0.3 is 15.9 Å². The molecule has 3 aromatic rings. The van der Waals surface area contributed by atoms with Crippen LogP contribution in [0.25, 0.3) is 21.9 Å². The molecule has 0 unspecified atom stereocenters. The maximum absolute atomic E-state index is 12.3. The fourth-order valence-electron chi connectivity index (χ4n) is 1.93. The first-order valence-electron chi connectivity index (χ1n) is 5.18. The summed E-state index contributed by atoms with van der Waals surface area (Å²) in [6.45, 7) is 0. The minimum absolute atomic E-state index is 0. The number of hydrogen-bond donors (Lipinski definition) is 2. The Morgan fingerprint density at radius 1 is 0.944 bits per heavy atom. The fraction of sp³-hybridized carbons (Fsp3) is 0. The van der Waals surface area contributed by atoms with Gasteiger partial charge >= 0.3 is 0 Å². The molecular formula is C13H11ClN2O2. The first kappa shape index (κ1) is 12.3. The van der Waals surface area contributed by atoms with Gasteiger partial charge in [-0.2, -0.15) is 0 Å². The lowest BCUT2D eigenvalue weighted by atomic mass is 10.1. The van der Waals surface area contributed by atoms with Gasteiger partial charge in [-0.15, -0.1) is 12.4 Å². The summed E-state index contributed by atoms with van der Waals surface area (Å²) in [5.41, 5.74) is 13.0. The van der Waals surface area contributed by atoms with Gasteiger partial charge in [0, 0.05) is 0 Å². The molecule has 0 fully saturated rings. The van der Waals surface area contributed by atoms with E-state index in [0.29, 0.717) is 27.6 Å². The molecule has 4 nitrogen and oxygen atoms in total. The molecule has 18 heavy (non-hydrogen) atoms. The molecule has 0 spiro atoms. The van der Waals surface area contributed by atoms with Crippen molar-refractivity contribution < 1.29 is 4.42 Å². The number of para-hydroxylation sites is 1. The molecule has 0 bridgehead atoms. The second-order valence-electron chi connectivity index (χ2n) is 3.87. The highest BCUT2D eigenvalue weighted by atomic mass is 35.5. The van der Waals surface area contributed by atoms with Gasteiger partial charge in [0.25, 0.3) is 0 Å². The molecule has 5 heteroatoms. The van der Waals surface area contributed by atoms with Crippen LogP contribution in [-0.4, -0.2) is 0 Å². The molecule has 0 saturated carbocycles. The summed E-state index contributed by atoms with van der Waals surface area (Å²) in [5, 5.41) is 0.862. The van der Waals surface area contributed by atoms with Crippen LogP contribution in [0.1, 0.15) is 0 Å². The van der Waals surface area contributed by atoms with Crippen molar-refractivity contribution in [1.82, 2.24) is 0 Å². The number of nitrogens with two attached hydrogens (primary N) is 2. The Hall–Kier alpha value is -2.20. The van der Waals surface area contributed by atoms with Gasteiger partial charge in [-0.25, -0.2) is 0 Å². The maximum atomic E-state index is 12.3. The second kappa shape index (κ2) is 4.23. The van der Waals surface area contributed by atoms with Gasteiger partial charge in [-0.05, 0) is 24.3 Å². The van der Waals surface area contributed by atoms with E-state index in [9.17, 15) is 4.79 Å². The average molecular weight is 263 g/mol. The van der Waals surface area contributed by atoms with E-state index >= 15 is 0 Å². The van der Waals surface area contributed by atoms with Crippen LogP contribution in [0.2, 0.25) is 0 Å². The van der Waals surface area contributed by atoms with Gasteiger partial charge in [-0.3, -0.25) is 4.79 Å². The number of rotatable bonds is 0. The molecule has 4 N–H and O–H groups in total. The van der Waals surface area contributed by atoms with E-state index in [0.717, 1.165) is 0 Å². The molecule has 0 aliphatic carbocycles. The van der Waals surface area contributed by atoms with Crippen LogP contribution in [0, 0.1) is 0 Å². The van der Waals surface area contributed by atoms with Crippen LogP contribution in [0.3, 0.4) is 0 Å². The largest absolute Gasteiger partial charge is 0.456 e. The van der Waals surface area contributed by atoms with Gasteiger partial charge in [0.15, 0.2) is 0 Å². The summed E-state index contributed by atoms with van der Waals surface area (Å²) in [6, 6.07) is 10.4. The van der Waals surface area contributed by atoms with Gasteiger partial charge in [0.05, 0.1) is 22.1 Å². The van der Waals surface area contributed by atoms with Crippen molar-refractivity contribution in [1.29, 1.82) is 0 Å². The Morgan fingerprint density at radius 3 is 2.44 bits per heavy atom. The van der Waals surface area contributed by atoms with E-state index in [-0.39, 0.29) is 23.5 Å². The summed E-state index contributed by atoms with van der Waals surface area (Å²) in [7, 11) is 0. The highest BCUT2D eigenvalue weighted by Gasteiger charge is 2.11. The van der Waals surface area contributed by atoms with Crippen LogP contribution in [-0.2, 0) is 0 Å². The molecule has 0 amide bonds. The van der Waals surface area contributed by atoms with E-state index in [4.69, 9.17) is 15.9 Å². The smallest absolute Gasteiger partial charge is 0.202 e. The first-order chi connectivity index (χ1) is 8.18. The van der Waals surface area contributed by atoms with Crippen molar-refractivity contribution in [3.05, 3.63) is 46.6 Å². The summed E-state index contributed by atoms with van der Waals surface area (Å²) < 4.78 is 5.63. The lowest BCUT2D eigenvalue weighted by Gasteiger charge is -2.05. The van der Waals surface area contributed by atoms with Crippen LogP contribution in [0.4, 0.5) is 11.4 Å². The zero-order chi connectivity index (χ0) is 12.0. The lowest BCUT2D eigenvalue weighted by Crippen LogP contribution is -2.06. The predicted octanol–water partition coefficient (Wildman–Crippen LogP) is 2.53. The lowest BCUT2D eigenvalue weighted by molar-refractivity contribution is 0.660. The van der Waals surface area contributed by atoms with Crippen LogP contribution in [0.5, 0.6) is 0 Å². The van der Waals surface area contributed by atoms with E-state index in [1.807, 2.05) is 6.07 Å². The molecule has 0 aliphatic rings. The third-order valence-corrected chi connectivity index (χ3v) is 2.82. The van der Waals surface area contributed by atoms with E-state index in [1.54, 1.807) is 30.3 Å². The Kier molecular flexibility index (Phi) is 2.88. The molecule has 92 valence electrons. The number of fused-ring (bicyclic) bond motifs is 2. The van der Waals surface area contributed by atoms with Crippen molar-refractivity contribution in [2.75, 3.05) is 11.5 Å². The highest BCUT2D eigenvalue weighted by Crippen LogP contribution is 2.26. The molecule has 0 aliphatic heterocycles. The number of anilines is 2. The summed E-state index contributed by atoms with van der Waals surface area (Å²) in [5.74, 6) is 0. The van der Waals surface area contributed by atoms with Crippen LogP contribution in [0.15, 0.2) is 45.6 Å². The standard InChI is InChI=1S/C13H10N2O2.ClH/c14-8-5-6-10-11(12(8)15)13(16)7-3-1-2-4-9(7)17-10;/h1-6H,14-15H2;1H. The first-order valence-corrected chi connectivity index (χ1v) is 5.18. The minimum Gasteiger partial charge on any atom is -0.456 e. The number of halogens is 1. The number of hydrogen-bond acceptors (Lipinski definition) is 4. The van der Waals surface area contributed by atoms with E-state index < -0.39 is 0 Å². The summed E-state index contributed by atoms with van der Waals surface area (Å²) in [6.07, 6.45) is 0. The SMILES string of the molecule is Cl.Nc1ccc2oc3ccccc3c(=O)c2c1N. The Bertz CT molecular complexity index is 796. The van der Waals surface area contributed by atoms with Crippen LogP contribution < -0.4 is 16.9 Å². The molecule has 1 aromatic heterocycles. The van der Waals surface area contributed by atoms with E-state index in [2.05, 4.69) is 0 Å². The Labute approximate surface area is 109 Å². The molecule has 0 saturated heterocycles. The number of benzene rings is 2. The van der Waals surface area contributed by atoms with E-state index in [1.165, 1.54) is 0 Å². The van der Waals surface area contributed by atoms with Crippen molar-refractivity contribution in [2.45, 2.75) is 0 Å². The van der Waals surface area contributed by atoms with Crippen molar-refractivity contribution in [3.63, 3.8) is 0 Å². The average Bonchev–Trinajstić information content (AvgIpc) is 2.34. The molecular weight excluding hydrogens is 252 g/mol. The molecule has 0 atom stereocenters. The van der Waals surface area contributed by atoms with Crippen molar-refractivity contribution in [3.8, 4) is 0 Å². The Balaban J connectivity index is 0.00000120. The third-order valence-electron chi connectivity index (χ3n) is 2.82. The maximum Gasteiger partial charge on any atom is 0.202 e. The normalized spacial score (nSPS) is 10.4. The number of nitrogen functional groups attached to an aromatic ring is 2. The molecule has 0 radical (unpaired) electrons. The second-order valence-corrected chi connectivity index (χ2v) is 3.87. The molecule has 3 rings (SSSR count). The topological polar surface area (TPSA) is 82.2 Å². The van der Waals surface area contributed by atoms with Crippen molar-refractivity contribution in [2.24, 2.45) is 0 Å². The Morgan fingerprint density at radius 2 is 1.67 bits per heavy atom. The zero-order valence-electron chi connectivity index (χ0n) is 9.34. The molecule has 2 aromatic carbocycles. The monoisotopic (exact) mass is 262 g/mol. The third kappa shape index (κ3) is 1.58. The van der Waals surface area contributed by atoms with Gasteiger partial charge in [0.1, 0.15) is 11.2 Å². The highest BCUT2D eigenvalue weighted by molar-refractivity contribution is 6.00. The summed E-state index contributed by atoms with van der Waals surface area (Å²) >= 11 is 0. The van der Waals surface area contributed by atoms with Gasteiger partial charge in [-0.1, -0.05) is 12.1 Å². The fourth-order valence-corrected chi connectivity index (χ4v) is 1.93. The molecule has 1 heterocycles. The minimum atomic E-state index is -0.147. The van der Waals surface area contributed by atoms with Gasteiger partial charge in [0.2, 0.25) is 5.43 Å². The van der Waals surface area contributed by atoms with Crippen molar-refractivity contribution >= 4 is 45.7 Å². The zero-order valence-corrected chi connectivity index (χ0v) is 10.2. The predicted molar refractivity (Wildman–Crippen MR) is 76.1 cm³/mol.